The van der Waals surface area contributed by atoms with Gasteiger partial charge in [0.25, 0.3) is 0 Å². The summed E-state index contributed by atoms with van der Waals surface area (Å²) in [6.45, 7) is 1.85. The van der Waals surface area contributed by atoms with E-state index in [-0.39, 0.29) is 11.2 Å². The molecule has 0 aliphatic carbocycles. The number of carbonyl (C=O) groups is 1. The number of halogens is 1. The number of hydrogen-bond acceptors (Lipinski definition) is 4. The zero-order chi connectivity index (χ0) is 16.8. The van der Waals surface area contributed by atoms with Gasteiger partial charge in [-0.1, -0.05) is 11.6 Å². The Balaban J connectivity index is 2.01. The van der Waals surface area contributed by atoms with Gasteiger partial charge in [0.2, 0.25) is 5.91 Å². The van der Waals surface area contributed by atoms with Gasteiger partial charge in [0, 0.05) is 15.6 Å². The highest BCUT2D eigenvalue weighted by Gasteiger charge is 2.16. The summed E-state index contributed by atoms with van der Waals surface area (Å²) >= 11 is 7.28. The lowest BCUT2D eigenvalue weighted by Gasteiger charge is -2.14. The Morgan fingerprint density at radius 3 is 2.35 bits per heavy atom. The molecular weight excluding hydrogens is 334 g/mol. The first-order valence-electron chi connectivity index (χ1n) is 6.98. The minimum Gasteiger partial charge on any atom is -0.493 e. The van der Waals surface area contributed by atoms with E-state index < -0.39 is 0 Å². The van der Waals surface area contributed by atoms with Crippen LogP contribution in [0.5, 0.6) is 11.5 Å². The highest BCUT2D eigenvalue weighted by atomic mass is 35.5. The first-order valence-corrected chi connectivity index (χ1v) is 8.24. The molecular formula is C17H18ClNO3S. The molecule has 2 aromatic rings. The van der Waals surface area contributed by atoms with Gasteiger partial charge in [-0.2, -0.15) is 0 Å². The highest BCUT2D eigenvalue weighted by molar-refractivity contribution is 8.00. The van der Waals surface area contributed by atoms with Crippen LogP contribution in [0.4, 0.5) is 5.69 Å². The molecule has 1 amide bonds. The van der Waals surface area contributed by atoms with Crippen molar-refractivity contribution >= 4 is 35.0 Å². The largest absolute Gasteiger partial charge is 0.493 e. The van der Waals surface area contributed by atoms with Crippen LogP contribution in [-0.2, 0) is 4.79 Å². The normalized spacial score (nSPS) is 11.7. The number of hydrogen-bond donors (Lipinski definition) is 1. The van der Waals surface area contributed by atoms with Crippen LogP contribution in [0.3, 0.4) is 0 Å². The second-order valence-corrected chi connectivity index (χ2v) is 6.62. The monoisotopic (exact) mass is 351 g/mol. The maximum atomic E-state index is 12.3. The van der Waals surface area contributed by atoms with Gasteiger partial charge in [0.15, 0.2) is 11.5 Å². The molecule has 0 bridgehead atoms. The molecule has 0 spiro atoms. The van der Waals surface area contributed by atoms with Crippen LogP contribution in [0.1, 0.15) is 6.92 Å². The minimum absolute atomic E-state index is 0.0768. The van der Waals surface area contributed by atoms with Crippen LogP contribution in [0.25, 0.3) is 0 Å². The molecule has 0 aromatic heterocycles. The van der Waals surface area contributed by atoms with Gasteiger partial charge in [-0.3, -0.25) is 4.79 Å². The number of anilines is 1. The molecule has 23 heavy (non-hydrogen) atoms. The van der Waals surface area contributed by atoms with Gasteiger partial charge in [-0.15, -0.1) is 11.8 Å². The Hall–Kier alpha value is -1.85. The summed E-state index contributed by atoms with van der Waals surface area (Å²) in [4.78, 5) is 13.2. The van der Waals surface area contributed by atoms with Crippen molar-refractivity contribution in [1.29, 1.82) is 0 Å². The molecule has 6 heteroatoms. The predicted octanol–water partition coefficient (Wildman–Crippen LogP) is 4.48. The SMILES string of the molecule is COc1ccc(S[C@@H](C)C(=O)Nc2ccc(Cl)cc2)cc1OC. The van der Waals surface area contributed by atoms with E-state index in [9.17, 15) is 4.79 Å². The molecule has 4 nitrogen and oxygen atoms in total. The van der Waals surface area contributed by atoms with E-state index in [0.29, 0.717) is 16.5 Å². The molecule has 2 aromatic carbocycles. The molecule has 122 valence electrons. The van der Waals surface area contributed by atoms with E-state index in [1.54, 1.807) is 38.5 Å². The zero-order valence-corrected chi connectivity index (χ0v) is 14.7. The zero-order valence-electron chi connectivity index (χ0n) is 13.1. The van der Waals surface area contributed by atoms with Gasteiger partial charge in [-0.05, 0) is 49.4 Å². The Morgan fingerprint density at radius 1 is 1.09 bits per heavy atom. The fourth-order valence-electron chi connectivity index (χ4n) is 1.92. The highest BCUT2D eigenvalue weighted by Crippen LogP contribution is 2.33. The molecule has 1 atom stereocenters. The van der Waals surface area contributed by atoms with Crippen molar-refractivity contribution in [2.75, 3.05) is 19.5 Å². The third kappa shape index (κ3) is 4.81. The van der Waals surface area contributed by atoms with Crippen LogP contribution in [0, 0.1) is 0 Å². The number of thioether (sulfide) groups is 1. The van der Waals surface area contributed by atoms with Gasteiger partial charge in [0.05, 0.1) is 19.5 Å². The van der Waals surface area contributed by atoms with Crippen LogP contribution < -0.4 is 14.8 Å². The maximum Gasteiger partial charge on any atom is 0.237 e. The molecule has 2 rings (SSSR count). The fraction of sp³-hybridized carbons (Fsp3) is 0.235. The van der Waals surface area contributed by atoms with Crippen molar-refractivity contribution in [2.45, 2.75) is 17.1 Å². The predicted molar refractivity (Wildman–Crippen MR) is 94.9 cm³/mol. The van der Waals surface area contributed by atoms with Crippen LogP contribution in [0.2, 0.25) is 5.02 Å². The number of methoxy groups -OCH3 is 2. The second-order valence-electron chi connectivity index (χ2n) is 4.77. The fourth-order valence-corrected chi connectivity index (χ4v) is 2.95. The number of carbonyl (C=O) groups excluding carboxylic acids is 1. The van der Waals surface area contributed by atoms with Crippen molar-refractivity contribution in [1.82, 2.24) is 0 Å². The topological polar surface area (TPSA) is 47.6 Å². The first kappa shape index (κ1) is 17.5. The second kappa shape index (κ2) is 8.13. The Morgan fingerprint density at radius 2 is 1.74 bits per heavy atom. The average molecular weight is 352 g/mol. The van der Waals surface area contributed by atoms with Crippen molar-refractivity contribution in [3.8, 4) is 11.5 Å². The Kier molecular flexibility index (Phi) is 6.19. The summed E-state index contributed by atoms with van der Waals surface area (Å²) in [6, 6.07) is 12.6. The molecule has 1 N–H and O–H groups in total. The summed E-state index contributed by atoms with van der Waals surface area (Å²) in [7, 11) is 3.18. The van der Waals surface area contributed by atoms with E-state index in [1.165, 1.54) is 11.8 Å². The van der Waals surface area contributed by atoms with Crippen LogP contribution in [-0.4, -0.2) is 25.4 Å². The standard InChI is InChI=1S/C17H18ClNO3S/c1-11(17(20)19-13-6-4-12(18)5-7-13)23-14-8-9-15(21-2)16(10-14)22-3/h4-11H,1-3H3,(H,19,20)/t11-/m0/s1. The lowest BCUT2D eigenvalue weighted by molar-refractivity contribution is -0.115. The van der Waals surface area contributed by atoms with E-state index in [1.807, 2.05) is 25.1 Å². The minimum atomic E-state index is -0.260. The summed E-state index contributed by atoms with van der Waals surface area (Å²) < 4.78 is 10.5. The first-order chi connectivity index (χ1) is 11.0. The van der Waals surface area contributed by atoms with Gasteiger partial charge >= 0.3 is 0 Å². The van der Waals surface area contributed by atoms with Crippen molar-refractivity contribution in [2.24, 2.45) is 0 Å². The molecule has 0 saturated carbocycles. The molecule has 0 saturated heterocycles. The molecule has 0 heterocycles. The third-order valence-electron chi connectivity index (χ3n) is 3.15. The van der Waals surface area contributed by atoms with Crippen molar-refractivity contribution in [3.05, 3.63) is 47.5 Å². The molecule has 0 aliphatic heterocycles. The molecule has 0 fully saturated rings. The van der Waals surface area contributed by atoms with Gasteiger partial charge < -0.3 is 14.8 Å². The molecule has 0 aliphatic rings. The molecule has 0 unspecified atom stereocenters. The molecule has 0 radical (unpaired) electrons. The third-order valence-corrected chi connectivity index (χ3v) is 4.49. The average Bonchev–Trinajstić information content (AvgIpc) is 2.56. The van der Waals surface area contributed by atoms with Crippen LogP contribution >= 0.6 is 23.4 Å². The summed E-state index contributed by atoms with van der Waals surface area (Å²) in [5, 5.41) is 3.24. The van der Waals surface area contributed by atoms with Crippen LogP contribution in [0.15, 0.2) is 47.4 Å². The van der Waals surface area contributed by atoms with Crippen molar-refractivity contribution < 1.29 is 14.3 Å². The number of nitrogens with one attached hydrogen (secondary N) is 1. The number of ether oxygens (including phenoxy) is 2. The maximum absolute atomic E-state index is 12.3. The number of amides is 1. The summed E-state index contributed by atoms with van der Waals surface area (Å²) in [6.07, 6.45) is 0. The van der Waals surface area contributed by atoms with E-state index in [0.717, 1.165) is 10.6 Å². The van der Waals surface area contributed by atoms with Gasteiger partial charge in [-0.25, -0.2) is 0 Å². The Labute approximate surface area is 145 Å². The number of rotatable bonds is 6. The van der Waals surface area contributed by atoms with E-state index >= 15 is 0 Å². The van der Waals surface area contributed by atoms with Gasteiger partial charge in [0.1, 0.15) is 0 Å². The summed E-state index contributed by atoms with van der Waals surface area (Å²) in [5.41, 5.74) is 0.721. The quantitative estimate of drug-likeness (QED) is 0.780. The van der Waals surface area contributed by atoms with E-state index in [2.05, 4.69) is 5.32 Å². The Bertz CT molecular complexity index is 676. The lowest BCUT2D eigenvalue weighted by Crippen LogP contribution is -2.22. The number of benzene rings is 2. The lowest BCUT2D eigenvalue weighted by atomic mass is 10.3. The summed E-state index contributed by atoms with van der Waals surface area (Å²) in [5.74, 6) is 1.23. The van der Waals surface area contributed by atoms with E-state index in [4.69, 9.17) is 21.1 Å². The smallest absolute Gasteiger partial charge is 0.237 e. The van der Waals surface area contributed by atoms with Crippen molar-refractivity contribution in [3.63, 3.8) is 0 Å².